The molecule has 1 saturated carbocycles. The normalized spacial score (nSPS) is 20.7. The van der Waals surface area contributed by atoms with Crippen LogP contribution in [0.2, 0.25) is 0 Å². The van der Waals surface area contributed by atoms with E-state index in [9.17, 15) is 13.2 Å². The summed E-state index contributed by atoms with van der Waals surface area (Å²) >= 11 is 0. The molecule has 0 aromatic heterocycles. The molecular formula is C26H31NO5S. The lowest BCUT2D eigenvalue weighted by Gasteiger charge is -2.35. The number of anilines is 1. The van der Waals surface area contributed by atoms with Gasteiger partial charge in [0.05, 0.1) is 17.1 Å². The fraction of sp³-hybridized carbons (Fsp3) is 0.423. The van der Waals surface area contributed by atoms with Crippen molar-refractivity contribution in [3.8, 4) is 5.75 Å². The van der Waals surface area contributed by atoms with Crippen LogP contribution in [0.15, 0.2) is 52.9 Å². The number of fused-ring (bicyclic) bond motifs is 1. The Hall–Kier alpha value is -2.80. The smallest absolute Gasteiger partial charge is 0.303 e. The summed E-state index contributed by atoms with van der Waals surface area (Å²) in [5.74, 6) is 0.283. The fourth-order valence-corrected chi connectivity index (χ4v) is 6.10. The van der Waals surface area contributed by atoms with Crippen molar-refractivity contribution in [1.82, 2.24) is 0 Å². The SMILES string of the molecule is Cc1cccc(S(=O)(=O)N2C[C@H](CCC(=O)O)Oc3ccc(C=C4CCC(C)CC4)cc32)c1. The molecule has 0 unspecified atom stereocenters. The van der Waals surface area contributed by atoms with Crippen molar-refractivity contribution in [2.24, 2.45) is 5.92 Å². The first-order valence-electron chi connectivity index (χ1n) is 11.5. The highest BCUT2D eigenvalue weighted by Gasteiger charge is 2.35. The molecule has 4 rings (SSSR count). The second-order valence-corrected chi connectivity index (χ2v) is 11.1. The van der Waals surface area contributed by atoms with E-state index in [0.29, 0.717) is 11.4 Å². The molecule has 2 aromatic rings. The molecule has 33 heavy (non-hydrogen) atoms. The van der Waals surface area contributed by atoms with Crippen LogP contribution in [0.3, 0.4) is 0 Å². The number of carboxylic acids is 1. The Morgan fingerprint density at radius 1 is 1.18 bits per heavy atom. The van der Waals surface area contributed by atoms with Crippen LogP contribution in [0.4, 0.5) is 5.69 Å². The summed E-state index contributed by atoms with van der Waals surface area (Å²) in [6.07, 6.45) is 6.28. The standard InChI is InChI=1S/C26H31NO5S/c1-18-6-8-20(9-7-18)15-21-10-12-25-24(16-21)27(17-22(32-25)11-13-26(28)29)33(30,31)23-5-3-4-19(2)14-23/h3-5,10,12,14-16,18,22H,6-9,11,13,17H2,1-2H3,(H,28,29)/t18?,22-/m0/s1. The van der Waals surface area contributed by atoms with Gasteiger partial charge in [-0.25, -0.2) is 8.42 Å². The third-order valence-corrected chi connectivity index (χ3v) is 8.24. The Morgan fingerprint density at radius 3 is 2.64 bits per heavy atom. The maximum absolute atomic E-state index is 13.7. The first-order chi connectivity index (χ1) is 15.7. The van der Waals surface area contributed by atoms with Crippen LogP contribution in [-0.2, 0) is 14.8 Å². The first kappa shape index (κ1) is 23.4. The van der Waals surface area contributed by atoms with Gasteiger partial charge in [-0.1, -0.05) is 36.8 Å². The van der Waals surface area contributed by atoms with Crippen molar-refractivity contribution < 1.29 is 23.1 Å². The van der Waals surface area contributed by atoms with Crippen LogP contribution in [0.5, 0.6) is 5.75 Å². The molecule has 2 aliphatic rings. The first-order valence-corrected chi connectivity index (χ1v) is 13.0. The molecule has 0 bridgehead atoms. The monoisotopic (exact) mass is 469 g/mol. The minimum absolute atomic E-state index is 0.0775. The van der Waals surface area contributed by atoms with Crippen molar-refractivity contribution in [3.63, 3.8) is 0 Å². The molecule has 7 heteroatoms. The quantitative estimate of drug-likeness (QED) is 0.612. The zero-order chi connectivity index (χ0) is 23.6. The Balaban J connectivity index is 1.71. The Kier molecular flexibility index (Phi) is 6.79. The van der Waals surface area contributed by atoms with E-state index < -0.39 is 22.1 Å². The largest absolute Gasteiger partial charge is 0.486 e. The highest BCUT2D eigenvalue weighted by Crippen LogP contribution is 2.39. The number of carbonyl (C=O) groups is 1. The molecule has 1 heterocycles. The zero-order valence-electron chi connectivity index (χ0n) is 19.2. The predicted molar refractivity (Wildman–Crippen MR) is 129 cm³/mol. The molecule has 0 amide bonds. The van der Waals surface area contributed by atoms with Crippen molar-refractivity contribution in [2.75, 3.05) is 10.8 Å². The number of aryl methyl sites for hydroxylation is 1. The summed E-state index contributed by atoms with van der Waals surface area (Å²) in [4.78, 5) is 11.3. The molecule has 6 nitrogen and oxygen atoms in total. The van der Waals surface area contributed by atoms with Gasteiger partial charge in [-0.15, -0.1) is 0 Å². The number of hydrogen-bond acceptors (Lipinski definition) is 4. The molecule has 1 atom stereocenters. The van der Waals surface area contributed by atoms with Gasteiger partial charge in [0.15, 0.2) is 0 Å². The molecule has 0 radical (unpaired) electrons. The van der Waals surface area contributed by atoms with Crippen LogP contribution >= 0.6 is 0 Å². The van der Waals surface area contributed by atoms with E-state index in [1.807, 2.05) is 25.1 Å². The summed E-state index contributed by atoms with van der Waals surface area (Å²) in [6, 6.07) is 12.5. The minimum atomic E-state index is -3.84. The van der Waals surface area contributed by atoms with Gasteiger partial charge in [-0.3, -0.25) is 9.10 Å². The van der Waals surface area contributed by atoms with Gasteiger partial charge in [0, 0.05) is 6.42 Å². The number of rotatable bonds is 6. The van der Waals surface area contributed by atoms with Gasteiger partial charge >= 0.3 is 5.97 Å². The highest BCUT2D eigenvalue weighted by molar-refractivity contribution is 7.92. The summed E-state index contributed by atoms with van der Waals surface area (Å²) in [7, 11) is -3.84. The molecule has 2 aromatic carbocycles. The van der Waals surface area contributed by atoms with Gasteiger partial charge < -0.3 is 9.84 Å². The maximum atomic E-state index is 13.7. The molecule has 1 aliphatic carbocycles. The van der Waals surface area contributed by atoms with Crippen LogP contribution in [0.1, 0.15) is 56.6 Å². The lowest BCUT2D eigenvalue weighted by atomic mass is 9.86. The average Bonchev–Trinajstić information content (AvgIpc) is 2.78. The lowest BCUT2D eigenvalue weighted by molar-refractivity contribution is -0.137. The zero-order valence-corrected chi connectivity index (χ0v) is 20.0. The van der Waals surface area contributed by atoms with Gasteiger partial charge in [0.2, 0.25) is 0 Å². The molecular weight excluding hydrogens is 438 g/mol. The Bertz CT molecular complexity index is 1160. The number of ether oxygens (including phenoxy) is 1. The molecule has 1 fully saturated rings. The Morgan fingerprint density at radius 2 is 1.94 bits per heavy atom. The van der Waals surface area contributed by atoms with Crippen molar-refractivity contribution in [3.05, 3.63) is 59.2 Å². The number of nitrogens with zero attached hydrogens (tertiary/aromatic N) is 1. The number of aliphatic carboxylic acids is 1. The minimum Gasteiger partial charge on any atom is -0.486 e. The molecule has 1 N–H and O–H groups in total. The summed E-state index contributed by atoms with van der Waals surface area (Å²) in [5, 5.41) is 9.09. The van der Waals surface area contributed by atoms with Crippen LogP contribution in [0, 0.1) is 12.8 Å². The second kappa shape index (κ2) is 9.59. The molecule has 0 spiro atoms. The number of allylic oxidation sites excluding steroid dienone is 1. The van der Waals surface area contributed by atoms with E-state index in [4.69, 9.17) is 9.84 Å². The number of hydrogen-bond donors (Lipinski definition) is 1. The molecule has 0 saturated heterocycles. The van der Waals surface area contributed by atoms with E-state index in [2.05, 4.69) is 13.0 Å². The third-order valence-electron chi connectivity index (χ3n) is 6.46. The van der Waals surface area contributed by atoms with Gasteiger partial charge in [-0.05, 0) is 80.3 Å². The van der Waals surface area contributed by atoms with E-state index >= 15 is 0 Å². The highest BCUT2D eigenvalue weighted by atomic mass is 32.2. The number of benzene rings is 2. The second-order valence-electron chi connectivity index (χ2n) is 9.24. The van der Waals surface area contributed by atoms with E-state index in [1.54, 1.807) is 24.3 Å². The number of sulfonamides is 1. The van der Waals surface area contributed by atoms with Gasteiger partial charge in [0.1, 0.15) is 11.9 Å². The van der Waals surface area contributed by atoms with Crippen LogP contribution < -0.4 is 9.04 Å². The summed E-state index contributed by atoms with van der Waals surface area (Å²) in [5.41, 5.74) is 3.70. The fourth-order valence-electron chi connectivity index (χ4n) is 4.50. The maximum Gasteiger partial charge on any atom is 0.303 e. The van der Waals surface area contributed by atoms with E-state index in [0.717, 1.165) is 29.9 Å². The van der Waals surface area contributed by atoms with E-state index in [1.165, 1.54) is 22.7 Å². The van der Waals surface area contributed by atoms with Crippen LogP contribution in [-0.4, -0.2) is 32.1 Å². The van der Waals surface area contributed by atoms with Crippen molar-refractivity contribution >= 4 is 27.8 Å². The summed E-state index contributed by atoms with van der Waals surface area (Å²) < 4.78 is 34.7. The lowest BCUT2D eigenvalue weighted by Crippen LogP contribution is -2.43. The topological polar surface area (TPSA) is 83.9 Å². The average molecular weight is 470 g/mol. The Labute approximate surface area is 195 Å². The van der Waals surface area contributed by atoms with Crippen molar-refractivity contribution in [1.29, 1.82) is 0 Å². The van der Waals surface area contributed by atoms with E-state index in [-0.39, 0.29) is 24.3 Å². The van der Waals surface area contributed by atoms with Crippen molar-refractivity contribution in [2.45, 2.75) is 63.4 Å². The van der Waals surface area contributed by atoms with Gasteiger partial charge in [-0.2, -0.15) is 0 Å². The molecule has 176 valence electrons. The molecule has 1 aliphatic heterocycles. The summed E-state index contributed by atoms with van der Waals surface area (Å²) in [6.45, 7) is 4.22. The third kappa shape index (κ3) is 5.41. The number of carboxylic acid groups (broad SMARTS) is 1. The predicted octanol–water partition coefficient (Wildman–Crippen LogP) is 5.41. The van der Waals surface area contributed by atoms with Crippen LogP contribution in [0.25, 0.3) is 6.08 Å². The van der Waals surface area contributed by atoms with Gasteiger partial charge in [0.25, 0.3) is 10.0 Å².